The minimum Gasteiger partial charge on any atom is -0.234 e. The van der Waals surface area contributed by atoms with Gasteiger partial charge in [0.15, 0.2) is 0 Å². The van der Waals surface area contributed by atoms with E-state index in [9.17, 15) is 4.79 Å². The van der Waals surface area contributed by atoms with Gasteiger partial charge in [-0.2, -0.15) is 12.6 Å². The van der Waals surface area contributed by atoms with Crippen molar-refractivity contribution in [2.24, 2.45) is 0 Å². The van der Waals surface area contributed by atoms with Gasteiger partial charge in [0.1, 0.15) is 5.94 Å². The Morgan fingerprint density at radius 2 is 2.43 bits per heavy atom. The zero-order valence-electron chi connectivity index (χ0n) is 4.05. The van der Waals surface area contributed by atoms with Gasteiger partial charge >= 0.3 is 0 Å². The van der Waals surface area contributed by atoms with Crippen LogP contribution in [0.2, 0.25) is 0 Å². The van der Waals surface area contributed by atoms with Gasteiger partial charge in [-0.05, 0) is 24.7 Å². The van der Waals surface area contributed by atoms with Crippen LogP contribution in [-0.2, 0) is 4.79 Å². The highest BCUT2D eigenvalue weighted by Gasteiger charge is 1.74. The average Bonchev–Trinajstić information content (AvgIpc) is 1.69. The molecule has 0 bridgehead atoms. The van der Waals surface area contributed by atoms with Crippen LogP contribution < -0.4 is 0 Å². The monoisotopic (exact) mass is 116 g/mol. The second-order valence-electron chi connectivity index (χ2n) is 1.19. The molecule has 1 nitrogen and oxygen atoms in total. The molecule has 0 saturated heterocycles. The van der Waals surface area contributed by atoms with Crippen molar-refractivity contribution in [1.82, 2.24) is 0 Å². The lowest BCUT2D eigenvalue weighted by Crippen LogP contribution is -1.69. The Kier molecular flexibility index (Phi) is 5.63. The van der Waals surface area contributed by atoms with E-state index in [2.05, 4.69) is 12.6 Å². The number of allylic oxidation sites excluding steroid dienone is 1. The van der Waals surface area contributed by atoms with Crippen molar-refractivity contribution in [3.8, 4) is 0 Å². The summed E-state index contributed by atoms with van der Waals surface area (Å²) >= 11 is 3.94. The van der Waals surface area contributed by atoms with Crippen LogP contribution in [0, 0.1) is 0 Å². The Morgan fingerprint density at radius 3 is 2.86 bits per heavy atom. The highest BCUT2D eigenvalue weighted by Crippen LogP contribution is 1.88. The lowest BCUT2D eigenvalue weighted by Gasteiger charge is -1.80. The quantitative estimate of drug-likeness (QED) is 0.332. The third-order valence-electron chi connectivity index (χ3n) is 0.590. The van der Waals surface area contributed by atoms with E-state index in [1.54, 1.807) is 5.94 Å². The normalized spacial score (nSPS) is 7.57. The molecule has 7 heavy (non-hydrogen) atoms. The Labute approximate surface area is 48.8 Å². The van der Waals surface area contributed by atoms with E-state index in [4.69, 9.17) is 0 Å². The lowest BCUT2D eigenvalue weighted by molar-refractivity contribution is 0.568. The van der Waals surface area contributed by atoms with Crippen molar-refractivity contribution in [3.63, 3.8) is 0 Å². The molecule has 0 aromatic rings. The Balaban J connectivity index is 2.83. The lowest BCUT2D eigenvalue weighted by atomic mass is 10.3. The summed E-state index contributed by atoms with van der Waals surface area (Å²) < 4.78 is 0. The zero-order chi connectivity index (χ0) is 5.54. The smallest absolute Gasteiger partial charge is 0.120 e. The summed E-state index contributed by atoms with van der Waals surface area (Å²) in [6, 6.07) is 0. The fourth-order valence-electron chi connectivity index (χ4n) is 0.252. The first-order valence-corrected chi connectivity index (χ1v) is 2.85. The van der Waals surface area contributed by atoms with Gasteiger partial charge in [0.25, 0.3) is 0 Å². The van der Waals surface area contributed by atoms with E-state index < -0.39 is 0 Å². The number of unbranched alkanes of at least 4 members (excludes halogenated alkanes) is 1. The molecule has 2 heteroatoms. The third-order valence-corrected chi connectivity index (χ3v) is 0.906. The Bertz CT molecular complexity index is 74.1. The van der Waals surface area contributed by atoms with Crippen LogP contribution in [0.25, 0.3) is 0 Å². The van der Waals surface area contributed by atoms with Crippen molar-refractivity contribution in [3.05, 3.63) is 6.08 Å². The molecule has 0 aromatic heterocycles. The van der Waals surface area contributed by atoms with Crippen molar-refractivity contribution < 1.29 is 4.79 Å². The fraction of sp³-hybridized carbons (Fsp3) is 0.600. The standard InChI is InChI=1S/C5H8OS/c6-4-2-1-3-5-7/h2,7H,1,3,5H2. The van der Waals surface area contributed by atoms with Gasteiger partial charge in [0.2, 0.25) is 0 Å². The van der Waals surface area contributed by atoms with Gasteiger partial charge in [-0.15, -0.1) is 0 Å². The maximum Gasteiger partial charge on any atom is 0.120 e. The van der Waals surface area contributed by atoms with Crippen LogP contribution in [0.15, 0.2) is 6.08 Å². The van der Waals surface area contributed by atoms with Crippen LogP contribution in [-0.4, -0.2) is 11.7 Å². The van der Waals surface area contributed by atoms with E-state index >= 15 is 0 Å². The minimum atomic E-state index is 0.812. The predicted molar refractivity (Wildman–Crippen MR) is 33.4 cm³/mol. The maximum absolute atomic E-state index is 9.47. The average molecular weight is 116 g/mol. The first-order chi connectivity index (χ1) is 3.41. The number of thiol groups is 1. The van der Waals surface area contributed by atoms with Crippen molar-refractivity contribution in [2.45, 2.75) is 12.8 Å². The van der Waals surface area contributed by atoms with Gasteiger partial charge in [-0.1, -0.05) is 0 Å². The predicted octanol–water partition coefficient (Wildman–Crippen LogP) is 1.08. The second-order valence-corrected chi connectivity index (χ2v) is 1.64. The SMILES string of the molecule is O=C=CCCCS. The molecule has 0 radical (unpaired) electrons. The van der Waals surface area contributed by atoms with Crippen molar-refractivity contribution in [1.29, 1.82) is 0 Å². The summed E-state index contributed by atoms with van der Waals surface area (Å²) in [5, 5.41) is 0. The molecule has 0 amide bonds. The summed E-state index contributed by atoms with van der Waals surface area (Å²) in [5.74, 6) is 2.54. The van der Waals surface area contributed by atoms with Crippen molar-refractivity contribution >= 4 is 18.6 Å². The van der Waals surface area contributed by atoms with Crippen LogP contribution >= 0.6 is 12.6 Å². The van der Waals surface area contributed by atoms with Crippen LogP contribution in [0.5, 0.6) is 0 Å². The third kappa shape index (κ3) is 5.80. The number of hydrogen-bond acceptors (Lipinski definition) is 2. The van der Waals surface area contributed by atoms with Crippen molar-refractivity contribution in [2.75, 3.05) is 5.75 Å². The molecule has 0 aliphatic carbocycles. The molecule has 0 N–H and O–H groups in total. The molecule has 0 spiro atoms. The maximum atomic E-state index is 9.47. The van der Waals surface area contributed by atoms with Gasteiger partial charge < -0.3 is 0 Å². The van der Waals surface area contributed by atoms with E-state index in [0.717, 1.165) is 18.6 Å². The first-order valence-electron chi connectivity index (χ1n) is 2.22. The fourth-order valence-corrected chi connectivity index (χ4v) is 0.435. The van der Waals surface area contributed by atoms with Gasteiger partial charge in [-0.3, -0.25) is 0 Å². The molecular weight excluding hydrogens is 108 g/mol. The molecule has 0 fully saturated rings. The molecule has 0 atom stereocenters. The van der Waals surface area contributed by atoms with Crippen LogP contribution in [0.4, 0.5) is 0 Å². The summed E-state index contributed by atoms with van der Waals surface area (Å²) in [6.45, 7) is 0. The number of hydrogen-bond donors (Lipinski definition) is 1. The van der Waals surface area contributed by atoms with Gasteiger partial charge in [0, 0.05) is 0 Å². The number of carbonyl (C=O) groups excluding carboxylic acids is 1. The summed E-state index contributed by atoms with van der Waals surface area (Å²) in [7, 11) is 0. The molecule has 0 aliphatic heterocycles. The molecule has 0 rings (SSSR count). The molecule has 0 unspecified atom stereocenters. The molecule has 0 aromatic carbocycles. The van der Waals surface area contributed by atoms with E-state index in [1.165, 1.54) is 6.08 Å². The molecule has 0 heterocycles. The van der Waals surface area contributed by atoms with E-state index in [1.807, 2.05) is 0 Å². The van der Waals surface area contributed by atoms with E-state index in [-0.39, 0.29) is 0 Å². The summed E-state index contributed by atoms with van der Waals surface area (Å²) in [4.78, 5) is 9.47. The molecule has 0 saturated carbocycles. The molecule has 0 aliphatic rings. The summed E-state index contributed by atoms with van der Waals surface area (Å²) in [5.41, 5.74) is 0. The van der Waals surface area contributed by atoms with Crippen LogP contribution in [0.3, 0.4) is 0 Å². The minimum absolute atomic E-state index is 0.812. The first kappa shape index (κ1) is 6.80. The number of rotatable bonds is 3. The van der Waals surface area contributed by atoms with Gasteiger partial charge in [0.05, 0.1) is 0 Å². The van der Waals surface area contributed by atoms with Gasteiger partial charge in [-0.25, -0.2) is 4.79 Å². The largest absolute Gasteiger partial charge is 0.234 e. The van der Waals surface area contributed by atoms with E-state index in [0.29, 0.717) is 0 Å². The summed E-state index contributed by atoms with van der Waals surface area (Å²) in [6.07, 6.45) is 3.27. The van der Waals surface area contributed by atoms with Crippen LogP contribution in [0.1, 0.15) is 12.8 Å². The Morgan fingerprint density at radius 1 is 1.71 bits per heavy atom. The second kappa shape index (κ2) is 5.80. The molecular formula is C5H8OS. The highest BCUT2D eigenvalue weighted by atomic mass is 32.1. The Hall–Kier alpha value is -0.200. The zero-order valence-corrected chi connectivity index (χ0v) is 4.95. The highest BCUT2D eigenvalue weighted by molar-refractivity contribution is 7.80. The topological polar surface area (TPSA) is 17.1 Å². The molecule has 40 valence electrons.